The Balaban J connectivity index is 2.84. The van der Waals surface area contributed by atoms with E-state index in [-0.39, 0.29) is 11.5 Å². The van der Waals surface area contributed by atoms with Gasteiger partial charge in [-0.15, -0.1) is 0 Å². The lowest BCUT2D eigenvalue weighted by Crippen LogP contribution is -2.06. The van der Waals surface area contributed by atoms with Crippen LogP contribution in [0.3, 0.4) is 0 Å². The zero-order valence-electron chi connectivity index (χ0n) is 10.2. The number of benzene rings is 1. The molecular weight excluding hydrogens is 237 g/mol. The zero-order chi connectivity index (χ0) is 13.4. The molecule has 0 aliphatic rings. The first-order valence-corrected chi connectivity index (χ1v) is 5.88. The van der Waals surface area contributed by atoms with E-state index in [1.54, 1.807) is 30.3 Å². The fourth-order valence-corrected chi connectivity index (χ4v) is 1.45. The Hall–Kier alpha value is -1.65. The highest BCUT2D eigenvalue weighted by Crippen LogP contribution is 2.18. The van der Waals surface area contributed by atoms with Gasteiger partial charge in [-0.2, -0.15) is 0 Å². The normalized spacial score (nSPS) is 11.2. The van der Waals surface area contributed by atoms with Crippen molar-refractivity contribution in [1.29, 1.82) is 0 Å². The van der Waals surface area contributed by atoms with Crippen LogP contribution >= 0.6 is 0 Å². The highest BCUT2D eigenvalue weighted by molar-refractivity contribution is 6.36. The molecule has 0 aliphatic heterocycles. The molecule has 0 atom stereocenters. The number of unbranched alkanes of at least 4 members (excludes halogenated alkanes) is 1. The average molecular weight is 252 g/mol. The highest BCUT2D eigenvalue weighted by Gasteiger charge is 2.20. The van der Waals surface area contributed by atoms with Gasteiger partial charge in [0.2, 0.25) is 0 Å². The van der Waals surface area contributed by atoms with E-state index in [2.05, 4.69) is 4.65 Å². The molecule has 0 fully saturated rings. The predicted molar refractivity (Wildman–Crippen MR) is 68.0 cm³/mol. The second-order valence-electron chi connectivity index (χ2n) is 3.82. The van der Waals surface area contributed by atoms with Crippen LogP contribution in [-0.4, -0.2) is 13.3 Å². The summed E-state index contributed by atoms with van der Waals surface area (Å²) in [7, 11) is -2.93. The molecule has 0 radical (unpaired) electrons. The molecule has 0 spiro atoms. The quantitative estimate of drug-likeness (QED) is 0.420. The monoisotopic (exact) mass is 252 g/mol. The number of carbonyl (C=O) groups is 1. The third kappa shape index (κ3) is 5.12. The molecule has 0 N–H and O–H groups in total. The molecular formula is C13H15BF2O2. The summed E-state index contributed by atoms with van der Waals surface area (Å²) in [5.41, 5.74) is 0.475. The number of ketones is 1. The van der Waals surface area contributed by atoms with Crippen molar-refractivity contribution in [1.82, 2.24) is 0 Å². The Labute approximate surface area is 106 Å². The molecule has 0 saturated heterocycles. The van der Waals surface area contributed by atoms with Gasteiger partial charge in [-0.1, -0.05) is 43.7 Å². The minimum absolute atomic E-state index is 0.0771. The minimum Gasteiger partial charge on any atom is -0.505 e. The van der Waals surface area contributed by atoms with Crippen molar-refractivity contribution in [3.8, 4) is 0 Å². The molecule has 1 aromatic rings. The van der Waals surface area contributed by atoms with Crippen molar-refractivity contribution in [3.63, 3.8) is 0 Å². The summed E-state index contributed by atoms with van der Waals surface area (Å²) in [6.07, 6.45) is 3.12. The highest BCUT2D eigenvalue weighted by atomic mass is 19.2. The second kappa shape index (κ2) is 7.64. The van der Waals surface area contributed by atoms with Gasteiger partial charge in [-0.05, 0) is 6.42 Å². The molecule has 0 aliphatic carbocycles. The van der Waals surface area contributed by atoms with E-state index in [1.807, 2.05) is 6.92 Å². The van der Waals surface area contributed by atoms with Crippen molar-refractivity contribution in [3.05, 3.63) is 42.0 Å². The first-order chi connectivity index (χ1) is 8.63. The number of halogens is 2. The van der Waals surface area contributed by atoms with E-state index in [0.29, 0.717) is 12.0 Å². The van der Waals surface area contributed by atoms with Gasteiger partial charge in [0.15, 0.2) is 5.78 Å². The summed E-state index contributed by atoms with van der Waals surface area (Å²) in [5.74, 6) is -0.275. The molecule has 18 heavy (non-hydrogen) atoms. The Morgan fingerprint density at radius 1 is 1.33 bits per heavy atom. The maximum Gasteiger partial charge on any atom is 0.796 e. The lowest BCUT2D eigenvalue weighted by atomic mass is 10.1. The van der Waals surface area contributed by atoms with Crippen LogP contribution in [0.2, 0.25) is 0 Å². The van der Waals surface area contributed by atoms with Gasteiger partial charge < -0.3 is 4.65 Å². The summed E-state index contributed by atoms with van der Waals surface area (Å²) in [4.78, 5) is 11.6. The molecule has 0 bridgehead atoms. The second-order valence-corrected chi connectivity index (χ2v) is 3.82. The van der Waals surface area contributed by atoms with E-state index in [9.17, 15) is 13.4 Å². The SMILES string of the molecule is CCCCC(=O)/C=C(\OB(F)F)c1ccccc1. The first kappa shape index (κ1) is 14.4. The summed E-state index contributed by atoms with van der Waals surface area (Å²) in [5, 5.41) is 0. The molecule has 96 valence electrons. The van der Waals surface area contributed by atoms with Crippen LogP contribution in [0.4, 0.5) is 8.63 Å². The Kier molecular flexibility index (Phi) is 6.12. The third-order valence-electron chi connectivity index (χ3n) is 2.34. The van der Waals surface area contributed by atoms with Crippen molar-refractivity contribution in [2.24, 2.45) is 0 Å². The summed E-state index contributed by atoms with van der Waals surface area (Å²) >= 11 is 0. The first-order valence-electron chi connectivity index (χ1n) is 5.88. The third-order valence-corrected chi connectivity index (χ3v) is 2.34. The molecule has 0 amide bonds. The van der Waals surface area contributed by atoms with E-state index in [1.165, 1.54) is 0 Å². The standard InChI is InChI=1S/C13H15BF2O2/c1-2-3-9-12(17)10-13(18-14(15)16)11-7-5-4-6-8-11/h4-8,10H,2-3,9H2,1H3/b13-10-. The number of rotatable bonds is 7. The molecule has 0 aromatic heterocycles. The zero-order valence-corrected chi connectivity index (χ0v) is 10.2. The Bertz CT molecular complexity index is 405. The van der Waals surface area contributed by atoms with Gasteiger partial charge in [0, 0.05) is 18.1 Å². The van der Waals surface area contributed by atoms with Gasteiger partial charge in [-0.25, -0.2) is 8.63 Å². The fourth-order valence-electron chi connectivity index (χ4n) is 1.45. The largest absolute Gasteiger partial charge is 0.796 e. The Morgan fingerprint density at radius 3 is 2.56 bits per heavy atom. The topological polar surface area (TPSA) is 26.3 Å². The lowest BCUT2D eigenvalue weighted by Gasteiger charge is -2.08. The van der Waals surface area contributed by atoms with Crippen LogP contribution < -0.4 is 0 Å². The maximum absolute atomic E-state index is 12.3. The van der Waals surface area contributed by atoms with Gasteiger partial charge in [0.1, 0.15) is 5.76 Å². The van der Waals surface area contributed by atoms with E-state index in [0.717, 1.165) is 18.9 Å². The van der Waals surface area contributed by atoms with Crippen LogP contribution in [0.5, 0.6) is 0 Å². The molecule has 1 aromatic carbocycles. The van der Waals surface area contributed by atoms with Crippen LogP contribution in [0.25, 0.3) is 5.76 Å². The maximum atomic E-state index is 12.3. The average Bonchev–Trinajstić information content (AvgIpc) is 2.36. The van der Waals surface area contributed by atoms with Gasteiger partial charge in [0.25, 0.3) is 0 Å². The van der Waals surface area contributed by atoms with Gasteiger partial charge in [0.05, 0.1) is 0 Å². The molecule has 2 nitrogen and oxygen atoms in total. The molecule has 1 rings (SSSR count). The number of carbonyl (C=O) groups excluding carboxylic acids is 1. The van der Waals surface area contributed by atoms with Crippen molar-refractivity contribution in [2.45, 2.75) is 26.2 Å². The van der Waals surface area contributed by atoms with Crippen molar-refractivity contribution < 1.29 is 18.1 Å². The molecule has 0 heterocycles. The minimum atomic E-state index is -2.93. The van der Waals surface area contributed by atoms with E-state index in [4.69, 9.17) is 0 Å². The van der Waals surface area contributed by atoms with E-state index < -0.39 is 7.47 Å². The number of hydrogen-bond acceptors (Lipinski definition) is 2. The summed E-state index contributed by atoms with van der Waals surface area (Å²) in [6.45, 7) is 1.96. The number of hydrogen-bond donors (Lipinski definition) is 0. The number of allylic oxidation sites excluding steroid dienone is 1. The smallest absolute Gasteiger partial charge is 0.505 e. The molecule has 0 saturated carbocycles. The van der Waals surface area contributed by atoms with Crippen molar-refractivity contribution >= 4 is 19.0 Å². The van der Waals surface area contributed by atoms with Crippen LogP contribution in [0, 0.1) is 0 Å². The summed E-state index contributed by atoms with van der Waals surface area (Å²) < 4.78 is 29.0. The van der Waals surface area contributed by atoms with Crippen LogP contribution in [0.15, 0.2) is 36.4 Å². The lowest BCUT2D eigenvalue weighted by molar-refractivity contribution is -0.114. The Morgan fingerprint density at radius 2 is 2.00 bits per heavy atom. The summed E-state index contributed by atoms with van der Waals surface area (Å²) in [6, 6.07) is 8.42. The van der Waals surface area contributed by atoms with Gasteiger partial charge >= 0.3 is 7.47 Å². The fraction of sp³-hybridized carbons (Fsp3) is 0.308. The van der Waals surface area contributed by atoms with E-state index >= 15 is 0 Å². The van der Waals surface area contributed by atoms with Crippen LogP contribution in [-0.2, 0) is 9.45 Å². The predicted octanol–water partition coefficient (Wildman–Crippen LogP) is 3.73. The van der Waals surface area contributed by atoms with Crippen molar-refractivity contribution in [2.75, 3.05) is 0 Å². The van der Waals surface area contributed by atoms with Gasteiger partial charge in [-0.3, -0.25) is 4.79 Å². The van der Waals surface area contributed by atoms with Crippen LogP contribution in [0.1, 0.15) is 31.7 Å². The molecule has 5 heteroatoms. The molecule has 0 unspecified atom stereocenters.